The van der Waals surface area contributed by atoms with Gasteiger partial charge in [-0.1, -0.05) is 12.6 Å². The molecule has 35 heavy (non-hydrogen) atoms. The fourth-order valence-electron chi connectivity index (χ4n) is 5.74. The van der Waals surface area contributed by atoms with Crippen molar-refractivity contribution in [3.05, 3.63) is 64.6 Å². The lowest BCUT2D eigenvalue weighted by molar-refractivity contribution is -0.121. The molecular weight excluding hydrogens is 460 g/mol. The molecule has 2 bridgehead atoms. The van der Waals surface area contributed by atoms with Gasteiger partial charge in [-0.2, -0.15) is 0 Å². The van der Waals surface area contributed by atoms with Crippen molar-refractivity contribution in [2.45, 2.75) is 84.0 Å². The zero-order valence-corrected chi connectivity index (χ0v) is 22.8. The van der Waals surface area contributed by atoms with Gasteiger partial charge in [0.1, 0.15) is 17.3 Å². The number of methoxy groups -OCH3 is 2. The van der Waals surface area contributed by atoms with Crippen molar-refractivity contribution < 1.29 is 18.5 Å². The summed E-state index contributed by atoms with van der Waals surface area (Å²) in [6.45, 7) is 12.4. The molecule has 0 aromatic heterocycles. The minimum absolute atomic E-state index is 0.0132. The number of piperidine rings is 1. The summed E-state index contributed by atoms with van der Waals surface area (Å²) < 4.78 is 15.8. The van der Waals surface area contributed by atoms with E-state index in [2.05, 4.69) is 56.5 Å². The van der Waals surface area contributed by atoms with Gasteiger partial charge < -0.3 is 19.0 Å². The van der Waals surface area contributed by atoms with E-state index in [1.165, 1.54) is 24.0 Å². The molecule has 1 N–H and O–H groups in total. The number of amides is 1. The third-order valence-electron chi connectivity index (χ3n) is 7.72. The summed E-state index contributed by atoms with van der Waals surface area (Å²) in [6.07, 6.45) is 8.13. The van der Waals surface area contributed by atoms with E-state index in [1.54, 1.807) is 14.2 Å². The zero-order chi connectivity index (χ0) is 25.7. The Bertz CT molecular complexity index is 989. The monoisotopic (exact) mass is 500 g/mol. The number of benzene rings is 1. The normalized spacial score (nSPS) is 23.6. The molecular formula is C28H40N2O4S. The van der Waals surface area contributed by atoms with Gasteiger partial charge in [-0.15, -0.1) is 0 Å². The molecule has 3 rings (SSSR count). The highest BCUT2D eigenvalue weighted by molar-refractivity contribution is 7.75. The van der Waals surface area contributed by atoms with Crippen LogP contribution >= 0.6 is 12.9 Å². The van der Waals surface area contributed by atoms with E-state index in [1.807, 2.05) is 25.1 Å². The van der Waals surface area contributed by atoms with Crippen molar-refractivity contribution in [1.29, 1.82) is 0 Å². The van der Waals surface area contributed by atoms with Crippen LogP contribution in [0.15, 0.2) is 48.0 Å². The molecule has 2 fully saturated rings. The van der Waals surface area contributed by atoms with Crippen LogP contribution in [-0.2, 0) is 14.3 Å². The predicted octanol–water partition coefficient (Wildman–Crippen LogP) is 5.73. The van der Waals surface area contributed by atoms with Crippen LogP contribution in [-0.4, -0.2) is 43.2 Å². The first-order valence-corrected chi connectivity index (χ1v) is 12.7. The molecule has 1 aromatic rings. The molecule has 6 nitrogen and oxygen atoms in total. The molecule has 7 heteroatoms. The van der Waals surface area contributed by atoms with Gasteiger partial charge in [-0.3, -0.25) is 9.69 Å². The van der Waals surface area contributed by atoms with Gasteiger partial charge in [-0.25, -0.2) is 0 Å². The van der Waals surface area contributed by atoms with E-state index >= 15 is 0 Å². The van der Waals surface area contributed by atoms with Crippen LogP contribution in [0.4, 0.5) is 0 Å². The molecule has 1 aromatic carbocycles. The number of ether oxygens (including phenoxy) is 2. The lowest BCUT2D eigenvalue weighted by atomic mass is 9.91. The molecule has 2 saturated heterocycles. The van der Waals surface area contributed by atoms with Crippen LogP contribution in [0, 0.1) is 13.8 Å². The number of hydrogen-bond donors (Lipinski definition) is 2. The average Bonchev–Trinajstić information content (AvgIpc) is 3.12. The summed E-state index contributed by atoms with van der Waals surface area (Å²) in [5.41, 5.74) is 4.44. The van der Waals surface area contributed by atoms with E-state index in [9.17, 15) is 4.79 Å². The van der Waals surface area contributed by atoms with Crippen molar-refractivity contribution >= 4 is 18.8 Å². The summed E-state index contributed by atoms with van der Waals surface area (Å²) in [6, 6.07) is 5.58. The van der Waals surface area contributed by atoms with Crippen molar-refractivity contribution in [2.75, 3.05) is 14.2 Å². The van der Waals surface area contributed by atoms with Gasteiger partial charge in [0, 0.05) is 42.7 Å². The van der Waals surface area contributed by atoms with Gasteiger partial charge in [0.05, 0.1) is 20.6 Å². The number of nitrogens with one attached hydrogen (secondary N) is 1. The standard InChI is InChI=1S/C28H40N2O4S/c1-8-25(33-7)13-21(20(5)32-6)14-28(31)29-22-15-23-9-10-24(16-22)30(23)19(4)26-11-12-27(34-35)18(3)17(26)2/h8,11-13,19,22-24,35H,5,9-10,14-16H2,1-4,6-7H3,(H,29,31)/b21-13-,25-8+. The van der Waals surface area contributed by atoms with E-state index in [4.69, 9.17) is 13.7 Å². The molecule has 2 heterocycles. The topological polar surface area (TPSA) is 60.0 Å². The lowest BCUT2D eigenvalue weighted by Crippen LogP contribution is -2.51. The lowest BCUT2D eigenvalue weighted by Gasteiger charge is -2.43. The van der Waals surface area contributed by atoms with Crippen molar-refractivity contribution in [1.82, 2.24) is 10.2 Å². The first-order valence-electron chi connectivity index (χ1n) is 12.4. The van der Waals surface area contributed by atoms with Crippen LogP contribution in [0.2, 0.25) is 0 Å². The highest BCUT2D eigenvalue weighted by atomic mass is 32.1. The second kappa shape index (κ2) is 12.0. The molecule has 0 spiro atoms. The Labute approximate surface area is 216 Å². The first kappa shape index (κ1) is 27.2. The highest BCUT2D eigenvalue weighted by Gasteiger charge is 2.43. The van der Waals surface area contributed by atoms with Crippen molar-refractivity contribution in [3.8, 4) is 5.75 Å². The predicted molar refractivity (Wildman–Crippen MR) is 143 cm³/mol. The molecule has 2 aliphatic rings. The summed E-state index contributed by atoms with van der Waals surface area (Å²) in [5, 5.41) is 3.28. The van der Waals surface area contributed by atoms with E-state index in [0.29, 0.717) is 35.2 Å². The van der Waals surface area contributed by atoms with Crippen LogP contribution in [0.25, 0.3) is 0 Å². The summed E-state index contributed by atoms with van der Waals surface area (Å²) >= 11 is 3.98. The highest BCUT2D eigenvalue weighted by Crippen LogP contribution is 2.43. The summed E-state index contributed by atoms with van der Waals surface area (Å²) in [4.78, 5) is 15.6. The molecule has 3 atom stereocenters. The van der Waals surface area contributed by atoms with Crippen LogP contribution in [0.1, 0.15) is 68.7 Å². The molecule has 3 unspecified atom stereocenters. The molecule has 0 radical (unpaired) electrons. The second-order valence-corrected chi connectivity index (χ2v) is 9.79. The van der Waals surface area contributed by atoms with Gasteiger partial charge in [0.15, 0.2) is 0 Å². The smallest absolute Gasteiger partial charge is 0.224 e. The minimum atomic E-state index is -0.0132. The minimum Gasteiger partial charge on any atom is -0.497 e. The largest absolute Gasteiger partial charge is 0.497 e. The van der Waals surface area contributed by atoms with E-state index in [0.717, 1.165) is 24.2 Å². The molecule has 192 valence electrons. The summed E-state index contributed by atoms with van der Waals surface area (Å²) in [7, 11) is 3.17. The third kappa shape index (κ3) is 6.07. The number of fused-ring (bicyclic) bond motifs is 2. The number of nitrogens with zero attached hydrogens (tertiary/aromatic N) is 1. The SMILES string of the molecule is C=C(OC)/C(=C\C(=C/C)OC)CC(=O)NC1CC2CCC(C1)N2C(C)c1ccc(OS)c(C)c1C. The van der Waals surface area contributed by atoms with Crippen molar-refractivity contribution in [3.63, 3.8) is 0 Å². The van der Waals surface area contributed by atoms with E-state index < -0.39 is 0 Å². The van der Waals surface area contributed by atoms with Gasteiger partial charge in [0.25, 0.3) is 0 Å². The summed E-state index contributed by atoms with van der Waals surface area (Å²) in [5.74, 6) is 1.94. The maximum Gasteiger partial charge on any atom is 0.224 e. The van der Waals surface area contributed by atoms with E-state index in [-0.39, 0.29) is 18.4 Å². The Hall–Kier alpha value is -2.38. The number of thiol groups is 1. The fourth-order valence-corrected chi connectivity index (χ4v) is 5.93. The van der Waals surface area contributed by atoms with Gasteiger partial charge in [0.2, 0.25) is 5.91 Å². The number of rotatable bonds is 10. The number of allylic oxidation sites excluding steroid dienone is 3. The molecule has 1 amide bonds. The fraction of sp³-hybridized carbons (Fsp3) is 0.536. The second-order valence-electron chi connectivity index (χ2n) is 9.61. The Morgan fingerprint density at radius 3 is 2.40 bits per heavy atom. The first-order chi connectivity index (χ1) is 16.7. The molecule has 2 aliphatic heterocycles. The van der Waals surface area contributed by atoms with Crippen LogP contribution < -0.4 is 9.50 Å². The van der Waals surface area contributed by atoms with Gasteiger partial charge >= 0.3 is 0 Å². The third-order valence-corrected chi connectivity index (χ3v) is 7.92. The van der Waals surface area contributed by atoms with Crippen LogP contribution in [0.3, 0.4) is 0 Å². The Balaban J connectivity index is 1.67. The number of hydrogen-bond acceptors (Lipinski definition) is 6. The average molecular weight is 501 g/mol. The maximum atomic E-state index is 13.0. The molecule has 0 saturated carbocycles. The Kier molecular flexibility index (Phi) is 9.36. The number of carbonyl (C=O) groups excluding carboxylic acids is 1. The molecule has 0 aliphatic carbocycles. The van der Waals surface area contributed by atoms with Crippen LogP contribution in [0.5, 0.6) is 5.75 Å². The van der Waals surface area contributed by atoms with Crippen molar-refractivity contribution in [2.24, 2.45) is 0 Å². The number of carbonyl (C=O) groups is 1. The maximum absolute atomic E-state index is 13.0. The quantitative estimate of drug-likeness (QED) is 0.186. The zero-order valence-electron chi connectivity index (χ0n) is 21.9. The Morgan fingerprint density at radius 1 is 1.20 bits per heavy atom. The van der Waals surface area contributed by atoms with Gasteiger partial charge in [-0.05, 0) is 88.3 Å². The Morgan fingerprint density at radius 2 is 1.86 bits per heavy atom.